The molecule has 0 spiro atoms. The summed E-state index contributed by atoms with van der Waals surface area (Å²) in [4.78, 5) is 17.7. The van der Waals surface area contributed by atoms with Crippen LogP contribution < -0.4 is 15.2 Å². The fourth-order valence-corrected chi connectivity index (χ4v) is 4.39. The van der Waals surface area contributed by atoms with Crippen LogP contribution in [0.3, 0.4) is 0 Å². The molecule has 0 radical (unpaired) electrons. The minimum Gasteiger partial charge on any atom is -0.395 e. The van der Waals surface area contributed by atoms with Gasteiger partial charge in [-0.15, -0.1) is 8.78 Å². The molecule has 0 aliphatic carbocycles. The lowest BCUT2D eigenvalue weighted by Gasteiger charge is -2.10. The Balaban J connectivity index is 1.67. The molecular formula is C23H17F2N5O3. The summed E-state index contributed by atoms with van der Waals surface area (Å²) in [5.41, 5.74) is 4.13. The van der Waals surface area contributed by atoms with Crippen molar-refractivity contribution in [2.75, 3.05) is 0 Å². The number of nitrogens with zero attached hydrogens (tertiary/aromatic N) is 5. The number of halogens is 2. The molecule has 0 saturated carbocycles. The van der Waals surface area contributed by atoms with Crippen LogP contribution in [0.4, 0.5) is 8.78 Å². The quantitative estimate of drug-likeness (QED) is 0.409. The van der Waals surface area contributed by atoms with Gasteiger partial charge in [-0.1, -0.05) is 18.2 Å². The molecule has 5 aromatic rings. The average molecular weight is 449 g/mol. The summed E-state index contributed by atoms with van der Waals surface area (Å²) in [6.07, 6.45) is -0.288. The smallest absolute Gasteiger partial charge is 0.395 e. The van der Waals surface area contributed by atoms with Crippen LogP contribution in [-0.2, 0) is 14.1 Å². The third kappa shape index (κ3) is 2.76. The number of aromatic nitrogens is 5. The molecule has 1 aliphatic rings. The van der Waals surface area contributed by atoms with Gasteiger partial charge in [0, 0.05) is 31.2 Å². The number of pyridine rings is 1. The van der Waals surface area contributed by atoms with Crippen LogP contribution >= 0.6 is 0 Å². The number of fused-ring (bicyclic) bond motifs is 4. The van der Waals surface area contributed by atoms with Gasteiger partial charge >= 0.3 is 12.0 Å². The Labute approximate surface area is 185 Å². The highest BCUT2D eigenvalue weighted by Crippen LogP contribution is 2.47. The molecule has 1 aliphatic heterocycles. The number of hydrogen-bond donors (Lipinski definition) is 0. The van der Waals surface area contributed by atoms with Crippen molar-refractivity contribution in [2.45, 2.75) is 13.2 Å². The zero-order valence-corrected chi connectivity index (χ0v) is 17.8. The van der Waals surface area contributed by atoms with Gasteiger partial charge in [-0.25, -0.2) is 4.79 Å². The Morgan fingerprint density at radius 2 is 1.91 bits per heavy atom. The summed E-state index contributed by atoms with van der Waals surface area (Å²) < 4.78 is 41.6. The number of benzene rings is 2. The number of aryl methyl sites for hydroxylation is 3. The normalized spacial score (nSPS) is 14.5. The number of para-hydroxylation sites is 1. The summed E-state index contributed by atoms with van der Waals surface area (Å²) in [5.74, 6) is -0.0629. The Hall–Kier alpha value is -4.21. The minimum absolute atomic E-state index is 0.0310. The van der Waals surface area contributed by atoms with Crippen LogP contribution in [0.2, 0.25) is 0 Å². The molecule has 4 heterocycles. The average Bonchev–Trinajstić information content (AvgIpc) is 3.36. The van der Waals surface area contributed by atoms with Gasteiger partial charge in [0.2, 0.25) is 0 Å². The van der Waals surface area contributed by atoms with Crippen LogP contribution in [-0.4, -0.2) is 30.2 Å². The number of alkyl halides is 2. The molecule has 0 bridgehead atoms. The molecule has 0 unspecified atom stereocenters. The highest BCUT2D eigenvalue weighted by Gasteiger charge is 2.44. The van der Waals surface area contributed by atoms with Crippen LogP contribution in [0.1, 0.15) is 5.69 Å². The second-order valence-corrected chi connectivity index (χ2v) is 7.97. The van der Waals surface area contributed by atoms with E-state index >= 15 is 0 Å². The second kappa shape index (κ2) is 6.41. The predicted octanol–water partition coefficient (Wildman–Crippen LogP) is 3.91. The molecular weight excluding hydrogens is 432 g/mol. The first-order valence-electron chi connectivity index (χ1n) is 10.1. The van der Waals surface area contributed by atoms with E-state index < -0.39 is 6.29 Å². The van der Waals surface area contributed by atoms with Crippen molar-refractivity contribution in [1.82, 2.24) is 23.9 Å². The number of rotatable bonds is 2. The molecule has 3 aromatic heterocycles. The van der Waals surface area contributed by atoms with Gasteiger partial charge in [0.1, 0.15) is 0 Å². The van der Waals surface area contributed by atoms with Gasteiger partial charge < -0.3 is 9.47 Å². The molecule has 0 amide bonds. The number of ether oxygens (including phenoxy) is 2. The maximum atomic E-state index is 13.7. The Morgan fingerprint density at radius 1 is 1.09 bits per heavy atom. The zero-order valence-electron chi connectivity index (χ0n) is 17.8. The van der Waals surface area contributed by atoms with Crippen LogP contribution in [0.25, 0.3) is 38.8 Å². The third-order valence-electron chi connectivity index (χ3n) is 5.85. The monoisotopic (exact) mass is 449 g/mol. The molecule has 6 rings (SSSR count). The molecule has 166 valence electrons. The van der Waals surface area contributed by atoms with Gasteiger partial charge in [-0.3, -0.25) is 18.8 Å². The Bertz CT molecular complexity index is 1660. The van der Waals surface area contributed by atoms with Crippen molar-refractivity contribution in [3.63, 3.8) is 0 Å². The summed E-state index contributed by atoms with van der Waals surface area (Å²) >= 11 is 0. The molecule has 0 N–H and O–H groups in total. The summed E-state index contributed by atoms with van der Waals surface area (Å²) in [7, 11) is 3.47. The van der Waals surface area contributed by atoms with E-state index in [2.05, 4.69) is 14.8 Å². The first kappa shape index (κ1) is 19.5. The van der Waals surface area contributed by atoms with Crippen molar-refractivity contribution >= 4 is 21.9 Å². The van der Waals surface area contributed by atoms with E-state index in [4.69, 9.17) is 4.74 Å². The second-order valence-electron chi connectivity index (χ2n) is 7.97. The fourth-order valence-electron chi connectivity index (χ4n) is 4.39. The van der Waals surface area contributed by atoms with E-state index in [-0.39, 0.29) is 17.2 Å². The van der Waals surface area contributed by atoms with Crippen molar-refractivity contribution < 1.29 is 18.3 Å². The van der Waals surface area contributed by atoms with Gasteiger partial charge in [-0.2, -0.15) is 5.10 Å². The van der Waals surface area contributed by atoms with Crippen LogP contribution in [0.5, 0.6) is 11.5 Å². The molecule has 0 atom stereocenters. The van der Waals surface area contributed by atoms with Crippen LogP contribution in [0.15, 0.2) is 53.6 Å². The van der Waals surface area contributed by atoms with Crippen molar-refractivity contribution in [3.8, 4) is 28.3 Å². The lowest BCUT2D eigenvalue weighted by atomic mass is 10.0. The van der Waals surface area contributed by atoms with E-state index in [1.165, 1.54) is 10.6 Å². The van der Waals surface area contributed by atoms with Crippen LogP contribution in [0, 0.1) is 6.92 Å². The van der Waals surface area contributed by atoms with Gasteiger partial charge in [0.15, 0.2) is 11.5 Å². The molecule has 2 aromatic carbocycles. The zero-order chi connectivity index (χ0) is 23.1. The standard InChI is InChI=1S/C23H17F2N5O3/c1-12-18(11-28(2)27-12)30-20-15-9-13(7-8-16(15)26-10-17(20)29(3)22(30)31)14-5-4-6-19-21(14)33-23(24,25)32-19/h4-11H,1-3H3. The Kier molecular flexibility index (Phi) is 3.78. The van der Waals surface area contributed by atoms with E-state index in [0.717, 1.165) is 0 Å². The van der Waals surface area contributed by atoms with Crippen molar-refractivity contribution in [2.24, 2.45) is 14.1 Å². The number of hydrogen-bond acceptors (Lipinski definition) is 5. The highest BCUT2D eigenvalue weighted by molar-refractivity contribution is 6.05. The summed E-state index contributed by atoms with van der Waals surface area (Å²) in [6, 6.07) is 10.1. The van der Waals surface area contributed by atoms with Crippen molar-refractivity contribution in [3.05, 3.63) is 65.0 Å². The Morgan fingerprint density at radius 3 is 2.67 bits per heavy atom. The first-order chi connectivity index (χ1) is 15.7. The maximum Gasteiger partial charge on any atom is 0.586 e. The first-order valence-corrected chi connectivity index (χ1v) is 10.1. The molecule has 0 saturated heterocycles. The molecule has 33 heavy (non-hydrogen) atoms. The van der Waals surface area contributed by atoms with Crippen molar-refractivity contribution in [1.29, 1.82) is 0 Å². The van der Waals surface area contributed by atoms with E-state index in [1.54, 1.807) is 60.0 Å². The topological polar surface area (TPSA) is 76.1 Å². The highest BCUT2D eigenvalue weighted by atomic mass is 19.3. The number of imidazole rings is 1. The van der Waals surface area contributed by atoms with Gasteiger partial charge in [-0.05, 0) is 30.7 Å². The minimum atomic E-state index is -3.72. The molecule has 0 fully saturated rings. The summed E-state index contributed by atoms with van der Waals surface area (Å²) in [5, 5.41) is 5.06. The molecule has 8 nitrogen and oxygen atoms in total. The fraction of sp³-hybridized carbons (Fsp3) is 0.174. The predicted molar refractivity (Wildman–Crippen MR) is 117 cm³/mol. The molecule has 10 heteroatoms. The van der Waals surface area contributed by atoms with E-state index in [9.17, 15) is 13.6 Å². The third-order valence-corrected chi connectivity index (χ3v) is 5.85. The van der Waals surface area contributed by atoms with Gasteiger partial charge in [0.05, 0.1) is 34.1 Å². The van der Waals surface area contributed by atoms with E-state index in [0.29, 0.717) is 44.4 Å². The lowest BCUT2D eigenvalue weighted by Crippen LogP contribution is -2.26. The lowest BCUT2D eigenvalue weighted by molar-refractivity contribution is -0.286. The summed E-state index contributed by atoms with van der Waals surface area (Å²) in [6.45, 7) is 1.83. The largest absolute Gasteiger partial charge is 0.586 e. The van der Waals surface area contributed by atoms with Gasteiger partial charge in [0.25, 0.3) is 0 Å². The maximum absolute atomic E-state index is 13.7. The van der Waals surface area contributed by atoms with E-state index in [1.807, 2.05) is 13.0 Å². The SMILES string of the molecule is Cc1nn(C)cc1-n1c(=O)n(C)c2cnc3ccc(-c4cccc5c4OC(F)(F)O5)cc3c21.